The van der Waals surface area contributed by atoms with Crippen LogP contribution >= 0.6 is 0 Å². The molecule has 2 heterocycles. The lowest BCUT2D eigenvalue weighted by atomic mass is 9.95. The minimum Gasteiger partial charge on any atom is -0.497 e. The number of H-pyrrole nitrogens is 1. The van der Waals surface area contributed by atoms with Gasteiger partial charge in [-0.15, -0.1) is 0 Å². The third-order valence-electron chi connectivity index (χ3n) is 5.35. The van der Waals surface area contributed by atoms with Crippen LogP contribution in [0.4, 0.5) is 0 Å². The zero-order valence-electron chi connectivity index (χ0n) is 17.1. The Morgan fingerprint density at radius 1 is 1.10 bits per heavy atom. The minimum atomic E-state index is -0.934. The second kappa shape index (κ2) is 8.41. The Kier molecular flexibility index (Phi) is 5.53. The Morgan fingerprint density at radius 3 is 2.57 bits per heavy atom. The van der Waals surface area contributed by atoms with Gasteiger partial charge < -0.3 is 14.8 Å². The summed E-state index contributed by atoms with van der Waals surface area (Å²) in [6.07, 6.45) is 6.71. The number of carboxylic acid groups (broad SMARTS) is 1. The predicted molar refractivity (Wildman–Crippen MR) is 119 cm³/mol. The van der Waals surface area contributed by atoms with E-state index < -0.39 is 5.97 Å². The van der Waals surface area contributed by atoms with Crippen LogP contribution < -0.4 is 4.74 Å². The number of carboxylic acids is 1. The van der Waals surface area contributed by atoms with Gasteiger partial charge in [0.05, 0.1) is 18.4 Å². The second-order valence-corrected chi connectivity index (χ2v) is 7.34. The average molecular weight is 400 g/mol. The van der Waals surface area contributed by atoms with E-state index in [1.165, 1.54) is 11.8 Å². The predicted octanol–water partition coefficient (Wildman–Crippen LogP) is 5.95. The SMILES string of the molecule is CCCCc1cnc(-c2ccc(OC)cc2)c(-c2ccc3c(C(=O)O)c[nH]c3c2)c1. The summed E-state index contributed by atoms with van der Waals surface area (Å²) in [5.74, 6) is -0.134. The van der Waals surface area contributed by atoms with Gasteiger partial charge in [0.25, 0.3) is 0 Å². The van der Waals surface area contributed by atoms with Crippen LogP contribution in [0.5, 0.6) is 5.75 Å². The molecule has 0 saturated carbocycles. The molecule has 0 spiro atoms. The molecule has 2 N–H and O–H groups in total. The van der Waals surface area contributed by atoms with E-state index in [1.54, 1.807) is 7.11 Å². The molecule has 0 radical (unpaired) electrons. The van der Waals surface area contributed by atoms with Crippen molar-refractivity contribution in [2.75, 3.05) is 7.11 Å². The van der Waals surface area contributed by atoms with Crippen molar-refractivity contribution >= 4 is 16.9 Å². The zero-order chi connectivity index (χ0) is 21.1. The highest BCUT2D eigenvalue weighted by atomic mass is 16.5. The molecule has 2 aromatic carbocycles. The van der Waals surface area contributed by atoms with E-state index in [0.29, 0.717) is 5.39 Å². The second-order valence-electron chi connectivity index (χ2n) is 7.34. The highest BCUT2D eigenvalue weighted by Gasteiger charge is 2.14. The molecule has 0 unspecified atom stereocenters. The number of carbonyl (C=O) groups is 1. The maximum absolute atomic E-state index is 11.4. The molecule has 4 rings (SSSR count). The number of fused-ring (bicyclic) bond motifs is 1. The molecule has 0 fully saturated rings. The van der Waals surface area contributed by atoms with Crippen LogP contribution in [-0.2, 0) is 6.42 Å². The lowest BCUT2D eigenvalue weighted by Gasteiger charge is -2.13. The molecular weight excluding hydrogens is 376 g/mol. The summed E-state index contributed by atoms with van der Waals surface area (Å²) in [6, 6.07) is 15.9. The fraction of sp³-hybridized carbons (Fsp3) is 0.200. The number of ether oxygens (including phenoxy) is 1. The van der Waals surface area contributed by atoms with Crippen LogP contribution in [0.1, 0.15) is 35.7 Å². The number of aryl methyl sites for hydroxylation is 1. The van der Waals surface area contributed by atoms with Gasteiger partial charge in [0.2, 0.25) is 0 Å². The third-order valence-corrected chi connectivity index (χ3v) is 5.35. The molecule has 0 amide bonds. The molecule has 30 heavy (non-hydrogen) atoms. The summed E-state index contributed by atoms with van der Waals surface area (Å²) < 4.78 is 5.28. The molecule has 0 aliphatic rings. The maximum Gasteiger partial charge on any atom is 0.337 e. The van der Waals surface area contributed by atoms with Crippen LogP contribution in [-0.4, -0.2) is 28.2 Å². The standard InChI is InChI=1S/C25H24N2O3/c1-3-4-5-16-12-21(24(27-14-16)17-6-9-19(30-2)10-7-17)18-8-11-20-22(25(28)29)15-26-23(20)13-18/h6-15,26H,3-5H2,1-2H3,(H,28,29). The number of nitrogens with zero attached hydrogens (tertiary/aromatic N) is 1. The van der Waals surface area contributed by atoms with Crippen molar-refractivity contribution in [3.8, 4) is 28.1 Å². The molecule has 5 heteroatoms. The normalized spacial score (nSPS) is 11.0. The number of aromatic amines is 1. The molecule has 5 nitrogen and oxygen atoms in total. The number of aromatic carboxylic acids is 1. The first kappa shape index (κ1) is 19.7. The number of benzene rings is 2. The van der Waals surface area contributed by atoms with Crippen LogP contribution in [0.3, 0.4) is 0 Å². The van der Waals surface area contributed by atoms with Crippen molar-refractivity contribution in [3.63, 3.8) is 0 Å². The number of nitrogens with one attached hydrogen (secondary N) is 1. The van der Waals surface area contributed by atoms with Gasteiger partial charge in [-0.3, -0.25) is 4.98 Å². The fourth-order valence-electron chi connectivity index (χ4n) is 3.70. The van der Waals surface area contributed by atoms with Gasteiger partial charge in [-0.2, -0.15) is 0 Å². The lowest BCUT2D eigenvalue weighted by molar-refractivity contribution is 0.0699. The van der Waals surface area contributed by atoms with Gasteiger partial charge in [0, 0.05) is 34.4 Å². The Hall–Kier alpha value is -3.60. The number of unbranched alkanes of at least 4 members (excludes halogenated alkanes) is 1. The van der Waals surface area contributed by atoms with E-state index in [2.05, 4.69) is 18.0 Å². The van der Waals surface area contributed by atoms with Crippen LogP contribution in [0.2, 0.25) is 0 Å². The smallest absolute Gasteiger partial charge is 0.337 e. The number of hydrogen-bond acceptors (Lipinski definition) is 3. The first-order valence-electron chi connectivity index (χ1n) is 10.1. The van der Waals surface area contributed by atoms with E-state index in [9.17, 15) is 9.90 Å². The Morgan fingerprint density at radius 2 is 1.87 bits per heavy atom. The number of rotatable bonds is 7. The van der Waals surface area contributed by atoms with Crippen LogP contribution in [0.25, 0.3) is 33.3 Å². The van der Waals surface area contributed by atoms with E-state index >= 15 is 0 Å². The maximum atomic E-state index is 11.4. The van der Waals surface area contributed by atoms with Crippen LogP contribution in [0.15, 0.2) is 60.9 Å². The molecule has 4 aromatic rings. The highest BCUT2D eigenvalue weighted by molar-refractivity contribution is 6.04. The molecule has 0 atom stereocenters. The summed E-state index contributed by atoms with van der Waals surface area (Å²) in [7, 11) is 1.65. The number of pyridine rings is 1. The summed E-state index contributed by atoms with van der Waals surface area (Å²) in [4.78, 5) is 19.3. The van der Waals surface area contributed by atoms with Crippen molar-refractivity contribution < 1.29 is 14.6 Å². The van der Waals surface area contributed by atoms with Crippen molar-refractivity contribution in [1.29, 1.82) is 0 Å². The van der Waals surface area contributed by atoms with E-state index in [1.807, 2.05) is 48.7 Å². The monoisotopic (exact) mass is 400 g/mol. The van der Waals surface area contributed by atoms with Crippen molar-refractivity contribution in [2.45, 2.75) is 26.2 Å². The molecule has 0 aliphatic heterocycles. The van der Waals surface area contributed by atoms with Crippen molar-refractivity contribution in [3.05, 3.63) is 72.1 Å². The van der Waals surface area contributed by atoms with Crippen molar-refractivity contribution in [2.24, 2.45) is 0 Å². The number of hydrogen-bond donors (Lipinski definition) is 2. The van der Waals surface area contributed by atoms with E-state index in [0.717, 1.165) is 52.9 Å². The lowest BCUT2D eigenvalue weighted by Crippen LogP contribution is -1.95. The van der Waals surface area contributed by atoms with Gasteiger partial charge in [0.15, 0.2) is 0 Å². The molecule has 0 aliphatic carbocycles. The highest BCUT2D eigenvalue weighted by Crippen LogP contribution is 2.34. The van der Waals surface area contributed by atoms with E-state index in [-0.39, 0.29) is 5.56 Å². The van der Waals surface area contributed by atoms with E-state index in [4.69, 9.17) is 9.72 Å². The fourth-order valence-corrected chi connectivity index (χ4v) is 3.70. The number of methoxy groups -OCH3 is 1. The van der Waals surface area contributed by atoms with Crippen LogP contribution in [0, 0.1) is 0 Å². The minimum absolute atomic E-state index is 0.279. The molecule has 0 saturated heterocycles. The van der Waals surface area contributed by atoms with Crippen molar-refractivity contribution in [1.82, 2.24) is 9.97 Å². The number of aromatic nitrogens is 2. The largest absolute Gasteiger partial charge is 0.497 e. The molecular formula is C25H24N2O3. The molecule has 152 valence electrons. The summed E-state index contributed by atoms with van der Waals surface area (Å²) in [5.41, 5.74) is 6.20. The van der Waals surface area contributed by atoms with Gasteiger partial charge in [-0.05, 0) is 60.4 Å². The summed E-state index contributed by atoms with van der Waals surface area (Å²) in [5, 5.41) is 10.1. The first-order chi connectivity index (χ1) is 14.6. The Bertz CT molecular complexity index is 1190. The molecule has 2 aromatic heterocycles. The zero-order valence-corrected chi connectivity index (χ0v) is 17.1. The topological polar surface area (TPSA) is 75.2 Å². The third kappa shape index (κ3) is 3.79. The average Bonchev–Trinajstić information content (AvgIpc) is 3.21. The van der Waals surface area contributed by atoms with Gasteiger partial charge >= 0.3 is 5.97 Å². The van der Waals surface area contributed by atoms with Gasteiger partial charge in [-0.25, -0.2) is 4.79 Å². The molecule has 0 bridgehead atoms. The first-order valence-corrected chi connectivity index (χ1v) is 10.1. The van der Waals surface area contributed by atoms with Gasteiger partial charge in [-0.1, -0.05) is 25.5 Å². The summed E-state index contributed by atoms with van der Waals surface area (Å²) in [6.45, 7) is 2.18. The summed E-state index contributed by atoms with van der Waals surface area (Å²) >= 11 is 0. The Labute approximate surface area is 175 Å². The van der Waals surface area contributed by atoms with Gasteiger partial charge in [0.1, 0.15) is 5.75 Å². The Balaban J connectivity index is 1.84. The quantitative estimate of drug-likeness (QED) is 0.402.